The van der Waals surface area contributed by atoms with E-state index in [4.69, 9.17) is 8.83 Å². The summed E-state index contributed by atoms with van der Waals surface area (Å²) in [6.07, 6.45) is 0. The first-order valence-corrected chi connectivity index (χ1v) is 31.8. The van der Waals surface area contributed by atoms with Gasteiger partial charge >= 0.3 is 0 Å². The van der Waals surface area contributed by atoms with E-state index in [-0.39, 0.29) is 0 Å². The Kier molecular flexibility index (Phi) is 12.1. The zero-order chi connectivity index (χ0) is 61.2. The molecule has 2 heterocycles. The predicted molar refractivity (Wildman–Crippen MR) is 386 cm³/mol. The van der Waals surface area contributed by atoms with Crippen LogP contribution in [0.4, 0.5) is 28.4 Å². The molecule has 1 spiro atoms. The average Bonchev–Trinajstić information content (AvgIpc) is 1.49. The molecule has 15 aromatic carbocycles. The highest BCUT2D eigenvalue weighted by atomic mass is 16.3. The van der Waals surface area contributed by atoms with Gasteiger partial charge in [-0.2, -0.15) is 0 Å². The summed E-state index contributed by atoms with van der Waals surface area (Å²) >= 11 is 0. The van der Waals surface area contributed by atoms with E-state index in [2.05, 4.69) is 334 Å². The first kappa shape index (κ1) is 53.3. The van der Waals surface area contributed by atoms with Crippen LogP contribution in [0.25, 0.3) is 121 Å². The molecule has 2 aliphatic rings. The number of aryl methyl sites for hydroxylation is 2. The topological polar surface area (TPSA) is 32.8 Å². The number of nitrogens with zero attached hydrogens (tertiary/aromatic N) is 2. The van der Waals surface area contributed by atoms with Crippen molar-refractivity contribution in [2.24, 2.45) is 0 Å². The SMILES string of the molecule is Cc1ccccc1-c1cccc2c1oc1c(N(C)c3ccccc3)cccc12.Cc1ccccc1-c1cccc2c1oc1c(N(c3ccccc3)c3ccc4cc5c(cc4c3)C3(c4ccccc4-c4ccccc43)c3c-5c4ccccc4c4ccccc34)cccc12. The van der Waals surface area contributed by atoms with E-state index < -0.39 is 5.41 Å². The van der Waals surface area contributed by atoms with Crippen LogP contribution in [-0.4, -0.2) is 7.05 Å². The lowest BCUT2D eigenvalue weighted by molar-refractivity contribution is 0.669. The normalized spacial score (nSPS) is 12.6. The van der Waals surface area contributed by atoms with Crippen molar-refractivity contribution in [3.8, 4) is 44.5 Å². The maximum absolute atomic E-state index is 7.09. The Bertz CT molecular complexity index is 5790. The summed E-state index contributed by atoms with van der Waals surface area (Å²) in [5.74, 6) is 0. The predicted octanol–water partition coefficient (Wildman–Crippen LogP) is 24.2. The van der Waals surface area contributed by atoms with E-state index >= 15 is 0 Å². The van der Waals surface area contributed by atoms with Gasteiger partial charge in [0.15, 0.2) is 11.2 Å². The molecule has 0 unspecified atom stereocenters. The van der Waals surface area contributed by atoms with Gasteiger partial charge in [0.1, 0.15) is 11.2 Å². The molecule has 0 bridgehead atoms. The van der Waals surface area contributed by atoms with Gasteiger partial charge < -0.3 is 18.6 Å². The summed E-state index contributed by atoms with van der Waals surface area (Å²) in [4.78, 5) is 4.55. The molecule has 0 atom stereocenters. The molecule has 0 saturated heterocycles. The number of fused-ring (bicyclic) bond motifs is 22. The Labute approximate surface area is 533 Å². The number of hydrogen-bond donors (Lipinski definition) is 0. The highest BCUT2D eigenvalue weighted by molar-refractivity contribution is 6.21. The summed E-state index contributed by atoms with van der Waals surface area (Å²) < 4.78 is 13.6. The van der Waals surface area contributed by atoms with Gasteiger partial charge in [-0.15, -0.1) is 0 Å². The maximum Gasteiger partial charge on any atom is 0.159 e. The summed E-state index contributed by atoms with van der Waals surface area (Å²) in [5.41, 5.74) is 26.2. The molecular formula is C88H60N2O2. The van der Waals surface area contributed by atoms with Crippen LogP contribution in [0.15, 0.2) is 318 Å². The van der Waals surface area contributed by atoms with E-state index in [0.29, 0.717) is 0 Å². The monoisotopic (exact) mass is 1180 g/mol. The zero-order valence-electron chi connectivity index (χ0n) is 51.2. The third-order valence-corrected chi connectivity index (χ3v) is 19.8. The Balaban J connectivity index is 0.000000186. The number of hydrogen-bond acceptors (Lipinski definition) is 4. The molecule has 0 N–H and O–H groups in total. The molecule has 0 fully saturated rings. The van der Waals surface area contributed by atoms with Crippen molar-refractivity contribution < 1.29 is 8.83 Å². The maximum atomic E-state index is 7.09. The van der Waals surface area contributed by atoms with Crippen LogP contribution < -0.4 is 9.80 Å². The molecule has 0 radical (unpaired) electrons. The minimum atomic E-state index is -0.514. The third kappa shape index (κ3) is 7.90. The van der Waals surface area contributed by atoms with E-state index in [9.17, 15) is 0 Å². The molecule has 0 aliphatic heterocycles. The largest absolute Gasteiger partial charge is 0.453 e. The van der Waals surface area contributed by atoms with Crippen LogP contribution in [0.2, 0.25) is 0 Å². The molecule has 4 heteroatoms. The second-order valence-electron chi connectivity index (χ2n) is 24.7. The summed E-state index contributed by atoms with van der Waals surface area (Å²) in [6, 6.07) is 112. The van der Waals surface area contributed by atoms with E-state index in [1.807, 2.05) is 6.07 Å². The zero-order valence-corrected chi connectivity index (χ0v) is 51.2. The van der Waals surface area contributed by atoms with Crippen LogP contribution in [0.1, 0.15) is 33.4 Å². The van der Waals surface area contributed by atoms with Gasteiger partial charge in [0.05, 0.1) is 16.8 Å². The number of para-hydroxylation sites is 6. The van der Waals surface area contributed by atoms with E-state index in [0.717, 1.165) is 83.4 Å². The average molecular weight is 1180 g/mol. The molecular weight excluding hydrogens is 1120 g/mol. The van der Waals surface area contributed by atoms with Gasteiger partial charge in [-0.25, -0.2) is 0 Å². The molecule has 0 amide bonds. The van der Waals surface area contributed by atoms with E-state index in [1.165, 1.54) is 99.1 Å². The smallest absolute Gasteiger partial charge is 0.159 e. The Morgan fingerprint density at radius 3 is 1.29 bits per heavy atom. The Hall–Kier alpha value is -11.7. The van der Waals surface area contributed by atoms with Crippen LogP contribution in [0, 0.1) is 13.8 Å². The summed E-state index contributed by atoms with van der Waals surface area (Å²) in [7, 11) is 2.08. The van der Waals surface area contributed by atoms with Crippen molar-refractivity contribution in [3.05, 3.63) is 343 Å². The lowest BCUT2D eigenvalue weighted by Crippen LogP contribution is -2.26. The quantitative estimate of drug-likeness (QED) is 0.149. The van der Waals surface area contributed by atoms with Crippen molar-refractivity contribution in [1.29, 1.82) is 0 Å². The molecule has 434 valence electrons. The van der Waals surface area contributed by atoms with Gasteiger partial charge in [0.25, 0.3) is 0 Å². The van der Waals surface area contributed by atoms with Gasteiger partial charge in [-0.05, 0) is 174 Å². The van der Waals surface area contributed by atoms with Gasteiger partial charge in [-0.1, -0.05) is 249 Å². The first-order chi connectivity index (χ1) is 45.4. The third-order valence-electron chi connectivity index (χ3n) is 19.8. The highest BCUT2D eigenvalue weighted by Crippen LogP contribution is 2.66. The number of rotatable bonds is 7. The van der Waals surface area contributed by atoms with Crippen molar-refractivity contribution in [3.63, 3.8) is 0 Å². The fraction of sp³-hybridized carbons (Fsp3) is 0.0455. The molecule has 0 saturated carbocycles. The number of benzene rings is 15. The van der Waals surface area contributed by atoms with Crippen LogP contribution in [0.3, 0.4) is 0 Å². The van der Waals surface area contributed by atoms with Gasteiger partial charge in [-0.3, -0.25) is 0 Å². The molecule has 92 heavy (non-hydrogen) atoms. The second kappa shape index (κ2) is 20.9. The van der Waals surface area contributed by atoms with Gasteiger partial charge in [0, 0.05) is 56.8 Å². The van der Waals surface area contributed by atoms with Crippen molar-refractivity contribution in [1.82, 2.24) is 0 Å². The number of furan rings is 2. The van der Waals surface area contributed by atoms with E-state index in [1.54, 1.807) is 0 Å². The lowest BCUT2D eigenvalue weighted by Gasteiger charge is -2.32. The summed E-state index contributed by atoms with van der Waals surface area (Å²) in [6.45, 7) is 4.31. The Morgan fingerprint density at radius 2 is 0.707 bits per heavy atom. The van der Waals surface area contributed by atoms with Crippen LogP contribution >= 0.6 is 0 Å². The minimum absolute atomic E-state index is 0.514. The summed E-state index contributed by atoms with van der Waals surface area (Å²) in [5, 5.41) is 12.1. The van der Waals surface area contributed by atoms with Crippen LogP contribution in [-0.2, 0) is 5.41 Å². The fourth-order valence-electron chi connectivity index (χ4n) is 15.7. The molecule has 4 nitrogen and oxygen atoms in total. The van der Waals surface area contributed by atoms with Crippen LogP contribution in [0.5, 0.6) is 0 Å². The first-order valence-electron chi connectivity index (χ1n) is 31.8. The molecule has 2 aliphatic carbocycles. The Morgan fingerprint density at radius 1 is 0.272 bits per heavy atom. The van der Waals surface area contributed by atoms with Crippen molar-refractivity contribution in [2.45, 2.75) is 19.3 Å². The standard InChI is InChI=1S/C62H39NO.C26H21NO/c1-38-17-5-6-20-43(38)50-27-15-28-51-52-29-16-32-57(61(52)64-60(50)51)63(41-18-3-2-4-19-41)42-34-33-39-36-53-56(37-40(39)35-42)62(54-30-13-11-23-46(54)47-24-12-14-31-55(47)62)59-49-26-10-8-22-45(49)44-21-7-9-25-48(44)58(53)59;1-18-10-6-7-13-20(18)21-14-8-15-22-23-16-9-17-24(26(23)28-25(21)22)27(2)19-11-4-3-5-12-19/h2-37H,1H3;3-17H,1-2H3. The highest BCUT2D eigenvalue weighted by Gasteiger charge is 2.53. The van der Waals surface area contributed by atoms with Gasteiger partial charge in [0.2, 0.25) is 0 Å². The molecule has 17 aromatic rings. The van der Waals surface area contributed by atoms with Crippen molar-refractivity contribution >= 4 is 105 Å². The minimum Gasteiger partial charge on any atom is -0.453 e. The number of anilines is 5. The van der Waals surface area contributed by atoms with Crippen molar-refractivity contribution in [2.75, 3.05) is 16.8 Å². The molecule has 2 aromatic heterocycles. The second-order valence-corrected chi connectivity index (χ2v) is 24.7. The molecule has 19 rings (SSSR count). The fourth-order valence-corrected chi connectivity index (χ4v) is 15.7. The lowest BCUT2D eigenvalue weighted by atomic mass is 9.69.